The van der Waals surface area contributed by atoms with E-state index in [2.05, 4.69) is 5.32 Å². The molecule has 5 nitrogen and oxygen atoms in total. The van der Waals surface area contributed by atoms with E-state index in [9.17, 15) is 27.9 Å². The summed E-state index contributed by atoms with van der Waals surface area (Å²) in [5.74, 6) is -4.45. The van der Waals surface area contributed by atoms with E-state index in [0.29, 0.717) is 0 Å². The van der Waals surface area contributed by atoms with Crippen molar-refractivity contribution in [2.75, 3.05) is 0 Å². The van der Waals surface area contributed by atoms with E-state index in [1.807, 2.05) is 5.32 Å². The van der Waals surface area contributed by atoms with Crippen molar-refractivity contribution >= 4 is 46.6 Å². The Hall–Kier alpha value is -2.00. The van der Waals surface area contributed by atoms with Crippen molar-refractivity contribution in [3.8, 4) is 0 Å². The van der Waals surface area contributed by atoms with Crippen LogP contribution in [-0.2, 0) is 10.5 Å². The topological polar surface area (TPSA) is 78.4 Å². The number of carbonyl (C=O) groups excluding carboxylic acids is 2. The molecule has 3 atom stereocenters. The van der Waals surface area contributed by atoms with Crippen molar-refractivity contribution in [2.24, 2.45) is 5.92 Å². The quantitative estimate of drug-likeness (QED) is 0.618. The van der Waals surface area contributed by atoms with E-state index < -0.39 is 35.7 Å². The third kappa shape index (κ3) is 4.16. The van der Waals surface area contributed by atoms with Gasteiger partial charge in [-0.25, -0.2) is 4.79 Å². The molecule has 11 heteroatoms. The molecule has 3 N–H and O–H groups in total. The summed E-state index contributed by atoms with van der Waals surface area (Å²) in [5, 5.41) is 15.8. The molecular weight excluding hydrogens is 456 g/mol. The van der Waals surface area contributed by atoms with Crippen LogP contribution in [0.3, 0.4) is 0 Å². The smallest absolute Gasteiger partial charge is 0.366 e. The van der Waals surface area contributed by atoms with Crippen molar-refractivity contribution in [3.63, 3.8) is 0 Å². The summed E-state index contributed by atoms with van der Waals surface area (Å²) < 4.78 is 40.3. The van der Waals surface area contributed by atoms with Crippen LogP contribution in [0, 0.1) is 5.92 Å². The molecule has 3 rings (SSSR count). The van der Waals surface area contributed by atoms with Gasteiger partial charge in [-0.05, 0) is 29.8 Å². The maximum absolute atomic E-state index is 13.4. The zero-order chi connectivity index (χ0) is 21.6. The van der Waals surface area contributed by atoms with Gasteiger partial charge in [0.05, 0.1) is 6.04 Å². The van der Waals surface area contributed by atoms with Gasteiger partial charge in [-0.15, -0.1) is 0 Å². The highest BCUT2D eigenvalue weighted by atomic mass is 35.5. The standard InChI is InChI=1S/C18H12Cl3F3N2O3/c19-9-3-1-8(2-4-9)17(29)13(15(27)18(22,23)24)14(25-16(28)26-17)11-6-5-10(20)7-12(11)21/h1-7,13-14,29H,(H2,25,26,28)/t13-,14+,17-/m0/s1. The second-order valence-electron chi connectivity index (χ2n) is 6.35. The van der Waals surface area contributed by atoms with Crippen LogP contribution in [0.2, 0.25) is 15.1 Å². The van der Waals surface area contributed by atoms with Gasteiger partial charge in [0.2, 0.25) is 5.78 Å². The molecule has 2 aromatic rings. The minimum Gasteiger partial charge on any atom is -0.366 e. The van der Waals surface area contributed by atoms with Gasteiger partial charge in [0.1, 0.15) is 5.92 Å². The zero-order valence-corrected chi connectivity index (χ0v) is 16.5. The maximum Gasteiger partial charge on any atom is 0.450 e. The number of Topliss-reactive ketones (excluding diaryl/α,β-unsaturated/α-hetero) is 1. The molecule has 1 saturated heterocycles. The Morgan fingerprint density at radius 3 is 2.17 bits per heavy atom. The second-order valence-corrected chi connectivity index (χ2v) is 7.63. The number of halogens is 6. The van der Waals surface area contributed by atoms with Gasteiger partial charge in [-0.3, -0.25) is 4.79 Å². The summed E-state index contributed by atoms with van der Waals surface area (Å²) in [5.41, 5.74) is -2.86. The fourth-order valence-corrected chi connectivity index (χ4v) is 3.89. The van der Waals surface area contributed by atoms with Gasteiger partial charge in [0.25, 0.3) is 0 Å². The Morgan fingerprint density at radius 2 is 1.62 bits per heavy atom. The molecule has 1 heterocycles. The van der Waals surface area contributed by atoms with Crippen LogP contribution in [0.25, 0.3) is 0 Å². The fraction of sp³-hybridized carbons (Fsp3) is 0.222. The normalized spacial score (nSPS) is 24.6. The first-order chi connectivity index (χ1) is 13.4. The van der Waals surface area contributed by atoms with Gasteiger partial charge in [0.15, 0.2) is 5.72 Å². The van der Waals surface area contributed by atoms with Gasteiger partial charge in [-0.2, -0.15) is 13.2 Å². The molecule has 0 radical (unpaired) electrons. The van der Waals surface area contributed by atoms with E-state index >= 15 is 0 Å². The van der Waals surface area contributed by atoms with Crippen LogP contribution >= 0.6 is 34.8 Å². The van der Waals surface area contributed by atoms with Gasteiger partial charge in [-0.1, -0.05) is 53.0 Å². The number of hydrogen-bond acceptors (Lipinski definition) is 3. The molecule has 0 saturated carbocycles. The number of alkyl halides is 3. The maximum atomic E-state index is 13.4. The average molecular weight is 468 g/mol. The summed E-state index contributed by atoms with van der Waals surface area (Å²) in [6.07, 6.45) is -5.30. The van der Waals surface area contributed by atoms with E-state index in [-0.39, 0.29) is 26.2 Å². The number of rotatable bonds is 3. The monoisotopic (exact) mass is 466 g/mol. The van der Waals surface area contributed by atoms with Gasteiger partial charge in [0, 0.05) is 20.6 Å². The average Bonchev–Trinajstić information content (AvgIpc) is 2.60. The Bertz CT molecular complexity index is 969. The number of benzene rings is 2. The summed E-state index contributed by atoms with van der Waals surface area (Å²) in [4.78, 5) is 24.6. The van der Waals surface area contributed by atoms with E-state index in [1.54, 1.807) is 0 Å². The molecule has 1 aliphatic rings. The van der Waals surface area contributed by atoms with Crippen LogP contribution in [0.15, 0.2) is 42.5 Å². The Labute approximate surface area is 177 Å². The van der Waals surface area contributed by atoms with Crippen molar-refractivity contribution in [1.29, 1.82) is 0 Å². The number of hydrogen-bond donors (Lipinski definition) is 3. The SMILES string of the molecule is O=C1N[C@H](c2ccc(Cl)cc2Cl)[C@@H](C(=O)C(F)(F)F)[C@@](O)(c2ccc(Cl)cc2)N1. The molecule has 2 amide bonds. The molecule has 0 aliphatic carbocycles. The van der Waals surface area contributed by atoms with Crippen LogP contribution in [0.4, 0.5) is 18.0 Å². The molecule has 1 aliphatic heterocycles. The van der Waals surface area contributed by atoms with Crippen LogP contribution in [-0.4, -0.2) is 23.1 Å². The molecule has 1 fully saturated rings. The lowest BCUT2D eigenvalue weighted by atomic mass is 9.76. The van der Waals surface area contributed by atoms with Crippen molar-refractivity contribution in [2.45, 2.75) is 17.9 Å². The Balaban J connectivity index is 2.22. The lowest BCUT2D eigenvalue weighted by molar-refractivity contribution is -0.190. The predicted octanol–water partition coefficient (Wildman–Crippen LogP) is 4.59. The molecule has 2 aromatic carbocycles. The molecule has 0 spiro atoms. The second kappa shape index (κ2) is 7.68. The van der Waals surface area contributed by atoms with Crippen LogP contribution in [0.1, 0.15) is 17.2 Å². The molecule has 154 valence electrons. The highest BCUT2D eigenvalue weighted by Crippen LogP contribution is 2.44. The van der Waals surface area contributed by atoms with Crippen molar-refractivity contribution in [3.05, 3.63) is 68.7 Å². The first kappa shape index (κ1) is 21.7. The van der Waals surface area contributed by atoms with E-state index in [4.69, 9.17) is 34.8 Å². The summed E-state index contributed by atoms with van der Waals surface area (Å²) in [7, 11) is 0. The number of nitrogens with one attached hydrogen (secondary N) is 2. The molecule has 29 heavy (non-hydrogen) atoms. The molecular formula is C18H12Cl3F3N2O3. The lowest BCUT2D eigenvalue weighted by Crippen LogP contribution is -2.66. The third-order valence-corrected chi connectivity index (χ3v) is 5.33. The number of urea groups is 1. The first-order valence-corrected chi connectivity index (χ1v) is 9.20. The fourth-order valence-electron chi connectivity index (χ4n) is 3.24. The number of aliphatic hydroxyl groups is 1. The number of amides is 2. The predicted molar refractivity (Wildman–Crippen MR) is 101 cm³/mol. The van der Waals surface area contributed by atoms with Crippen LogP contribution < -0.4 is 10.6 Å². The molecule has 0 unspecified atom stereocenters. The highest BCUT2D eigenvalue weighted by molar-refractivity contribution is 6.35. The Kier molecular flexibility index (Phi) is 5.75. The van der Waals surface area contributed by atoms with E-state index in [1.165, 1.54) is 42.5 Å². The number of ketones is 1. The van der Waals surface area contributed by atoms with Gasteiger partial charge >= 0.3 is 12.2 Å². The third-order valence-electron chi connectivity index (χ3n) is 4.52. The molecule has 0 bridgehead atoms. The van der Waals surface area contributed by atoms with Crippen molar-refractivity contribution < 1.29 is 27.9 Å². The minimum absolute atomic E-state index is 0.0131. The van der Waals surface area contributed by atoms with Gasteiger partial charge < -0.3 is 15.7 Å². The Morgan fingerprint density at radius 1 is 1.03 bits per heavy atom. The summed E-state index contributed by atoms with van der Waals surface area (Å²) in [6, 6.07) is 6.32. The lowest BCUT2D eigenvalue weighted by Gasteiger charge is -2.45. The molecule has 0 aromatic heterocycles. The first-order valence-electron chi connectivity index (χ1n) is 8.06. The zero-order valence-electron chi connectivity index (χ0n) is 14.2. The van der Waals surface area contributed by atoms with Crippen LogP contribution in [0.5, 0.6) is 0 Å². The summed E-state index contributed by atoms with van der Waals surface area (Å²) in [6.45, 7) is 0. The largest absolute Gasteiger partial charge is 0.450 e. The highest BCUT2D eigenvalue weighted by Gasteiger charge is 2.59. The number of carbonyl (C=O) groups is 2. The van der Waals surface area contributed by atoms with E-state index in [0.717, 1.165) is 0 Å². The van der Waals surface area contributed by atoms with Crippen molar-refractivity contribution in [1.82, 2.24) is 10.6 Å². The minimum atomic E-state index is -5.30. The summed E-state index contributed by atoms with van der Waals surface area (Å²) >= 11 is 17.7.